The maximum atomic E-state index is 12.0. The average Bonchev–Trinajstić information content (AvgIpc) is 2.28. The Morgan fingerprint density at radius 3 is 2.36 bits per heavy atom. The molecule has 0 aromatic heterocycles. The van der Waals surface area contributed by atoms with E-state index in [1.54, 1.807) is 24.3 Å². The third kappa shape index (κ3) is 2.04. The maximum Gasteiger partial charge on any atom is 0.361 e. The van der Waals surface area contributed by atoms with Crippen LogP contribution in [0.4, 0.5) is 0 Å². The molecule has 0 aliphatic rings. The van der Waals surface area contributed by atoms with Crippen molar-refractivity contribution >= 4 is 12.9 Å². The molecule has 0 saturated carbocycles. The average molecular weight is 216 g/mol. The number of hydrogen-bond acceptors (Lipinski definition) is 4. The molecular weight excluding hydrogens is 203 g/mol. The minimum atomic E-state index is -3.25. The molecule has 0 aliphatic carbocycles. The second kappa shape index (κ2) is 4.71. The van der Waals surface area contributed by atoms with Crippen molar-refractivity contribution in [3.05, 3.63) is 29.8 Å². The van der Waals surface area contributed by atoms with Gasteiger partial charge in [-0.25, -0.2) is 0 Å². The highest BCUT2D eigenvalue weighted by Crippen LogP contribution is 2.45. The summed E-state index contributed by atoms with van der Waals surface area (Å²) in [6.45, 7) is -0.188. The normalized spacial score (nSPS) is 11.6. The van der Waals surface area contributed by atoms with Crippen LogP contribution in [0.2, 0.25) is 0 Å². The first-order chi connectivity index (χ1) is 6.68. The number of hydrogen-bond donors (Lipinski definition) is 1. The summed E-state index contributed by atoms with van der Waals surface area (Å²) in [7, 11) is -0.612. The highest BCUT2D eigenvalue weighted by Gasteiger charge is 2.26. The second-order valence-electron chi connectivity index (χ2n) is 2.65. The molecule has 1 aromatic carbocycles. The molecule has 0 aliphatic heterocycles. The third-order valence-corrected chi connectivity index (χ3v) is 3.93. The van der Waals surface area contributed by atoms with Gasteiger partial charge in [-0.3, -0.25) is 4.57 Å². The van der Waals surface area contributed by atoms with E-state index in [1.165, 1.54) is 14.2 Å². The van der Waals surface area contributed by atoms with Gasteiger partial charge in [0.05, 0.1) is 11.9 Å². The van der Waals surface area contributed by atoms with E-state index in [9.17, 15) is 4.57 Å². The minimum absolute atomic E-state index is 0.188. The molecule has 0 fully saturated rings. The van der Waals surface area contributed by atoms with E-state index < -0.39 is 7.60 Å². The second-order valence-corrected chi connectivity index (χ2v) is 4.86. The Hall–Kier alpha value is -0.670. The Bertz CT molecular complexity index is 342. The van der Waals surface area contributed by atoms with Gasteiger partial charge >= 0.3 is 7.60 Å². The van der Waals surface area contributed by atoms with Gasteiger partial charge in [-0.15, -0.1) is 0 Å². The number of aliphatic hydroxyl groups excluding tert-OH is 1. The zero-order chi connectivity index (χ0) is 10.6. The summed E-state index contributed by atoms with van der Waals surface area (Å²) < 4.78 is 21.7. The van der Waals surface area contributed by atoms with Crippen LogP contribution in [0, 0.1) is 0 Å². The molecule has 0 spiro atoms. The zero-order valence-corrected chi connectivity index (χ0v) is 9.03. The molecule has 14 heavy (non-hydrogen) atoms. The third-order valence-electron chi connectivity index (χ3n) is 1.94. The Morgan fingerprint density at radius 2 is 1.86 bits per heavy atom. The van der Waals surface area contributed by atoms with Crippen molar-refractivity contribution in [1.82, 2.24) is 0 Å². The quantitative estimate of drug-likeness (QED) is 0.770. The minimum Gasteiger partial charge on any atom is -0.392 e. The molecule has 0 radical (unpaired) electrons. The van der Waals surface area contributed by atoms with E-state index in [0.29, 0.717) is 10.9 Å². The summed E-state index contributed by atoms with van der Waals surface area (Å²) in [4.78, 5) is 0. The van der Waals surface area contributed by atoms with Crippen molar-refractivity contribution in [2.75, 3.05) is 14.2 Å². The smallest absolute Gasteiger partial charge is 0.361 e. The van der Waals surface area contributed by atoms with Gasteiger partial charge in [-0.05, 0) is 11.6 Å². The van der Waals surface area contributed by atoms with Gasteiger partial charge in [0.2, 0.25) is 0 Å². The van der Waals surface area contributed by atoms with Gasteiger partial charge in [-0.1, -0.05) is 18.2 Å². The summed E-state index contributed by atoms with van der Waals surface area (Å²) in [6.07, 6.45) is 0. The molecule has 0 atom stereocenters. The van der Waals surface area contributed by atoms with Crippen molar-refractivity contribution in [2.45, 2.75) is 6.61 Å². The fraction of sp³-hybridized carbons (Fsp3) is 0.333. The summed E-state index contributed by atoms with van der Waals surface area (Å²) in [5.74, 6) is 0. The van der Waals surface area contributed by atoms with Gasteiger partial charge < -0.3 is 14.2 Å². The van der Waals surface area contributed by atoms with Crippen LogP contribution in [-0.2, 0) is 20.2 Å². The van der Waals surface area contributed by atoms with Gasteiger partial charge in [0.25, 0.3) is 0 Å². The molecular formula is C9H13O4P. The summed E-state index contributed by atoms with van der Waals surface area (Å²) in [5.41, 5.74) is 0.555. The molecule has 0 unspecified atom stereocenters. The predicted molar refractivity (Wildman–Crippen MR) is 53.6 cm³/mol. The number of benzene rings is 1. The van der Waals surface area contributed by atoms with Crippen LogP contribution >= 0.6 is 7.60 Å². The predicted octanol–water partition coefficient (Wildman–Crippen LogP) is 1.29. The molecule has 0 heterocycles. The lowest BCUT2D eigenvalue weighted by Crippen LogP contribution is -2.13. The molecule has 0 saturated heterocycles. The van der Waals surface area contributed by atoms with Gasteiger partial charge in [0.1, 0.15) is 0 Å². The topological polar surface area (TPSA) is 55.8 Å². The van der Waals surface area contributed by atoms with Crippen LogP contribution in [0.1, 0.15) is 5.56 Å². The molecule has 4 nitrogen and oxygen atoms in total. The van der Waals surface area contributed by atoms with Gasteiger partial charge in [-0.2, -0.15) is 0 Å². The molecule has 78 valence electrons. The first kappa shape index (κ1) is 11.4. The van der Waals surface area contributed by atoms with Crippen molar-refractivity contribution in [3.8, 4) is 0 Å². The summed E-state index contributed by atoms with van der Waals surface area (Å²) in [5, 5.41) is 9.45. The highest BCUT2D eigenvalue weighted by molar-refractivity contribution is 7.62. The van der Waals surface area contributed by atoms with Crippen LogP contribution in [0.3, 0.4) is 0 Å². The van der Waals surface area contributed by atoms with Crippen molar-refractivity contribution < 1.29 is 18.7 Å². The van der Waals surface area contributed by atoms with Crippen molar-refractivity contribution in [3.63, 3.8) is 0 Å². The van der Waals surface area contributed by atoms with E-state index in [4.69, 9.17) is 14.2 Å². The lowest BCUT2D eigenvalue weighted by molar-refractivity contribution is 0.275. The Kier molecular flexibility index (Phi) is 3.84. The molecule has 1 N–H and O–H groups in total. The summed E-state index contributed by atoms with van der Waals surface area (Å²) in [6, 6.07) is 6.78. The summed E-state index contributed by atoms with van der Waals surface area (Å²) >= 11 is 0. The van der Waals surface area contributed by atoms with E-state index in [2.05, 4.69) is 0 Å². The standard InChI is InChI=1S/C9H13O4P/c1-12-14(11,13-2)9-6-4-3-5-8(9)7-10/h3-6,10H,7H2,1-2H3. The van der Waals surface area contributed by atoms with E-state index >= 15 is 0 Å². The van der Waals surface area contributed by atoms with Gasteiger partial charge in [0, 0.05) is 14.2 Å². The maximum absolute atomic E-state index is 12.0. The number of aliphatic hydroxyl groups is 1. The lowest BCUT2D eigenvalue weighted by atomic mass is 10.2. The lowest BCUT2D eigenvalue weighted by Gasteiger charge is -2.16. The van der Waals surface area contributed by atoms with E-state index in [-0.39, 0.29) is 6.61 Å². The van der Waals surface area contributed by atoms with Gasteiger partial charge in [0.15, 0.2) is 0 Å². The molecule has 5 heteroatoms. The van der Waals surface area contributed by atoms with Crippen molar-refractivity contribution in [2.24, 2.45) is 0 Å². The van der Waals surface area contributed by atoms with Crippen LogP contribution in [0.5, 0.6) is 0 Å². The highest BCUT2D eigenvalue weighted by atomic mass is 31.2. The monoisotopic (exact) mass is 216 g/mol. The van der Waals surface area contributed by atoms with Crippen molar-refractivity contribution in [1.29, 1.82) is 0 Å². The van der Waals surface area contributed by atoms with E-state index in [0.717, 1.165) is 0 Å². The van der Waals surface area contributed by atoms with Crippen LogP contribution in [-0.4, -0.2) is 19.3 Å². The Morgan fingerprint density at radius 1 is 1.29 bits per heavy atom. The zero-order valence-electron chi connectivity index (χ0n) is 8.14. The van der Waals surface area contributed by atoms with E-state index in [1.807, 2.05) is 0 Å². The Labute approximate surface area is 83.0 Å². The SMILES string of the molecule is COP(=O)(OC)c1ccccc1CO. The molecule has 1 rings (SSSR count). The first-order valence-corrected chi connectivity index (χ1v) is 5.63. The first-order valence-electron chi connectivity index (χ1n) is 4.08. The van der Waals surface area contributed by atoms with Crippen LogP contribution in [0.15, 0.2) is 24.3 Å². The largest absolute Gasteiger partial charge is 0.392 e. The molecule has 1 aromatic rings. The van der Waals surface area contributed by atoms with Crippen LogP contribution in [0.25, 0.3) is 0 Å². The fourth-order valence-electron chi connectivity index (χ4n) is 1.18. The molecule has 0 amide bonds. The molecule has 0 bridgehead atoms. The fourth-order valence-corrected chi connectivity index (χ4v) is 2.49. The number of rotatable bonds is 4. The van der Waals surface area contributed by atoms with Crippen LogP contribution < -0.4 is 5.30 Å². The Balaban J connectivity index is 3.23.